The quantitative estimate of drug-likeness (QED) is 0.0291. The maximum Gasteiger partial charge on any atom is 1.00 e. The minimum atomic E-state index is -0.181. The fourth-order valence-electron chi connectivity index (χ4n) is 4.08. The van der Waals surface area contributed by atoms with E-state index in [9.17, 15) is 0 Å². The number of carbonyl (C=O) groups excluding carboxylic acids is 1. The summed E-state index contributed by atoms with van der Waals surface area (Å²) in [5.41, 5.74) is 3.97. The topological polar surface area (TPSA) is 133 Å². The fraction of sp³-hybridized carbons (Fsp3) is 0.541. The van der Waals surface area contributed by atoms with Crippen LogP contribution in [-0.2, 0) is 28.6 Å². The van der Waals surface area contributed by atoms with Crippen molar-refractivity contribution in [3.05, 3.63) is 59.7 Å². The van der Waals surface area contributed by atoms with Crippen molar-refractivity contribution in [2.24, 2.45) is 0 Å². The van der Waals surface area contributed by atoms with Gasteiger partial charge in [0.05, 0.1) is 66.1 Å². The van der Waals surface area contributed by atoms with Gasteiger partial charge in [0.1, 0.15) is 0 Å². The summed E-state index contributed by atoms with van der Waals surface area (Å²) in [6.07, 6.45) is 10.7. The number of hydrogen-bond donors (Lipinski definition) is 4. The largest absolute Gasteiger partial charge is 1.00 e. The molecular formula is C37H56K2N2O9S4. The van der Waals surface area contributed by atoms with Gasteiger partial charge in [-0.1, -0.05) is 11.8 Å². The molecule has 0 aromatic heterocycles. The van der Waals surface area contributed by atoms with E-state index >= 15 is 0 Å². The first-order valence-corrected chi connectivity index (χ1v) is 20.4. The Bertz CT molecular complexity index is 1160. The predicted octanol–water partition coefficient (Wildman–Crippen LogP) is -3.12. The summed E-state index contributed by atoms with van der Waals surface area (Å²) in [5.74, 6) is 11.1. The van der Waals surface area contributed by atoms with Crippen molar-refractivity contribution < 1.29 is 148 Å². The van der Waals surface area contributed by atoms with Crippen molar-refractivity contribution in [2.45, 2.75) is 0 Å². The molecule has 1 saturated heterocycles. The Balaban J connectivity index is -0.000000353. The third kappa shape index (κ3) is 35.0. The normalized spacial score (nSPS) is 13.2. The second kappa shape index (κ2) is 46.7. The Kier molecular flexibility index (Phi) is 51.3. The molecule has 0 atom stereocenters. The van der Waals surface area contributed by atoms with Gasteiger partial charge in [0.25, 0.3) is 6.47 Å². The van der Waals surface area contributed by atoms with E-state index in [2.05, 4.69) is 59.0 Å². The van der Waals surface area contributed by atoms with Crippen LogP contribution in [-0.4, -0.2) is 143 Å². The molecule has 54 heavy (non-hydrogen) atoms. The molecule has 17 heteroatoms. The molecule has 0 saturated carbocycles. The van der Waals surface area contributed by atoms with Crippen LogP contribution >= 0.6 is 48.8 Å². The Morgan fingerprint density at radius 2 is 1.20 bits per heavy atom. The number of aliphatic hydroxyl groups is 2. The SMILES string of the molecule is C#Cc1ccc(N(CCO)CCO)cc1.C#Cc1ccc(N2CCSCCOCCOCCSCC2)cc1.O=CO[O-].SCCOCCOCCS.[H-].[K+].[K+]. The zero-order valence-corrected chi connectivity index (χ0v) is 41.5. The Hall–Kier alpha value is 1.02. The number of carbonyl (C=O) groups is 1. The van der Waals surface area contributed by atoms with Crippen LogP contribution < -0.4 is 118 Å². The molecule has 0 amide bonds. The second-order valence-electron chi connectivity index (χ2n) is 10.1. The van der Waals surface area contributed by atoms with Gasteiger partial charge in [0, 0.05) is 83.2 Å². The van der Waals surface area contributed by atoms with Gasteiger partial charge in [-0.05, 0) is 48.5 Å². The van der Waals surface area contributed by atoms with Crippen molar-refractivity contribution in [1.29, 1.82) is 0 Å². The summed E-state index contributed by atoms with van der Waals surface area (Å²) in [7, 11) is 0. The van der Waals surface area contributed by atoms with E-state index in [0.29, 0.717) is 52.7 Å². The number of terminal acetylenes is 2. The second-order valence-corrected chi connectivity index (χ2v) is 13.5. The molecule has 1 aliphatic rings. The fourth-order valence-corrected chi connectivity index (χ4v) is 5.92. The van der Waals surface area contributed by atoms with E-state index < -0.39 is 0 Å². The Morgan fingerprint density at radius 3 is 1.57 bits per heavy atom. The molecule has 2 aromatic carbocycles. The van der Waals surface area contributed by atoms with E-state index in [1.165, 1.54) is 5.69 Å². The minimum Gasteiger partial charge on any atom is -1.00 e. The van der Waals surface area contributed by atoms with E-state index in [4.69, 9.17) is 52.1 Å². The standard InChI is InChI=1S/C18H25NO2S2.C12H15NO2.C6H14O2S2.CH2O3.2K.H/c1-2-17-3-5-18(6-4-17)19-7-13-22-15-11-20-9-10-21-12-16-23-14-8-19;1-2-11-3-5-12(6-4-11)13(7-9-14)8-10-15;9-5-3-7-1-2-8-4-6-10;2-1-4-3;;;/h1,3-6H,7-16H2;1,3-6,14-15H,7-10H2;9-10H,1-6H2;1,3H;;;/q;;;;2*+1;-1/p-1. The summed E-state index contributed by atoms with van der Waals surface area (Å²) < 4.78 is 21.3. The first-order chi connectivity index (χ1) is 25.5. The summed E-state index contributed by atoms with van der Waals surface area (Å²) in [6, 6.07) is 15.8. The summed E-state index contributed by atoms with van der Waals surface area (Å²) in [6.45, 7) is 8.83. The van der Waals surface area contributed by atoms with Gasteiger partial charge in [-0.15, -0.1) is 12.8 Å². The number of thiol groups is 2. The molecule has 1 heterocycles. The number of ether oxygens (including phenoxy) is 4. The first-order valence-electron chi connectivity index (χ1n) is 16.8. The van der Waals surface area contributed by atoms with Gasteiger partial charge in [-0.25, -0.2) is 0 Å². The number of hydrogen-bond acceptors (Lipinski definition) is 15. The first kappa shape index (κ1) is 59.3. The molecule has 11 nitrogen and oxygen atoms in total. The summed E-state index contributed by atoms with van der Waals surface area (Å²) >= 11 is 11.9. The van der Waals surface area contributed by atoms with Crippen LogP contribution in [0.2, 0.25) is 0 Å². The number of benzene rings is 2. The molecule has 2 N–H and O–H groups in total. The number of rotatable bonds is 14. The monoisotopic (exact) mass is 878 g/mol. The summed E-state index contributed by atoms with van der Waals surface area (Å²) in [5, 5.41) is 26.2. The van der Waals surface area contributed by atoms with Crippen LogP contribution in [0, 0.1) is 24.7 Å². The van der Waals surface area contributed by atoms with Crippen molar-refractivity contribution in [3.8, 4) is 24.7 Å². The third-order valence-corrected chi connectivity index (χ3v) is 8.77. The Labute approximate surface area is 429 Å². The maximum atomic E-state index is 8.87. The molecule has 0 aliphatic carbocycles. The van der Waals surface area contributed by atoms with E-state index in [1.807, 2.05) is 64.8 Å². The summed E-state index contributed by atoms with van der Waals surface area (Å²) in [4.78, 5) is 15.6. The molecule has 0 unspecified atom stereocenters. The van der Waals surface area contributed by atoms with Crippen LogP contribution in [0.4, 0.5) is 11.4 Å². The smallest absolute Gasteiger partial charge is 1.00 e. The molecule has 1 aliphatic heterocycles. The number of thioether (sulfide) groups is 2. The molecule has 3 rings (SSSR count). The van der Waals surface area contributed by atoms with Crippen LogP contribution in [0.1, 0.15) is 12.6 Å². The van der Waals surface area contributed by atoms with Gasteiger partial charge in [0.15, 0.2) is 0 Å². The van der Waals surface area contributed by atoms with Crippen LogP contribution in [0.25, 0.3) is 0 Å². The molecule has 294 valence electrons. The van der Waals surface area contributed by atoms with E-state index in [0.717, 1.165) is 77.6 Å². The molecule has 0 spiro atoms. The van der Waals surface area contributed by atoms with Gasteiger partial charge in [0.2, 0.25) is 0 Å². The Morgan fingerprint density at radius 1 is 0.778 bits per heavy atom. The average Bonchev–Trinajstić information content (AvgIpc) is 3.20. The van der Waals surface area contributed by atoms with Crippen molar-refractivity contribution >= 4 is 66.6 Å². The van der Waals surface area contributed by atoms with E-state index in [-0.39, 0.29) is 124 Å². The number of aliphatic hydroxyl groups excluding tert-OH is 2. The van der Waals surface area contributed by atoms with Crippen molar-refractivity contribution in [1.82, 2.24) is 0 Å². The zero-order valence-electron chi connectivity index (χ0n) is 32.9. The van der Waals surface area contributed by atoms with Crippen molar-refractivity contribution in [2.75, 3.05) is 137 Å². The number of anilines is 2. The third-order valence-electron chi connectivity index (χ3n) is 6.55. The molecule has 0 bridgehead atoms. The van der Waals surface area contributed by atoms with Crippen molar-refractivity contribution in [3.63, 3.8) is 0 Å². The van der Waals surface area contributed by atoms with E-state index in [1.54, 1.807) is 0 Å². The number of nitrogens with zero attached hydrogens (tertiary/aromatic N) is 2. The van der Waals surface area contributed by atoms with Gasteiger partial charge in [-0.2, -0.15) is 48.8 Å². The van der Waals surface area contributed by atoms with Crippen LogP contribution in [0.5, 0.6) is 0 Å². The van der Waals surface area contributed by atoms with Crippen LogP contribution in [0.15, 0.2) is 48.5 Å². The molecule has 0 radical (unpaired) electrons. The molecular weight excluding hydrogens is 823 g/mol. The van der Waals surface area contributed by atoms with Crippen LogP contribution in [0.3, 0.4) is 0 Å². The van der Waals surface area contributed by atoms with Gasteiger partial charge >= 0.3 is 103 Å². The minimum absolute atomic E-state index is 0. The predicted molar refractivity (Wildman–Crippen MR) is 221 cm³/mol. The molecule has 1 fully saturated rings. The maximum absolute atomic E-state index is 8.87. The zero-order chi connectivity index (χ0) is 38.3. The molecule has 2 aromatic rings. The van der Waals surface area contributed by atoms with Gasteiger partial charge in [-0.3, -0.25) is 4.79 Å². The average molecular weight is 879 g/mol. The van der Waals surface area contributed by atoms with Gasteiger partial charge < -0.3 is 50.5 Å².